The summed E-state index contributed by atoms with van der Waals surface area (Å²) in [5.41, 5.74) is -0.227. The topological polar surface area (TPSA) is 49.4 Å². The minimum atomic E-state index is -4.48. The third-order valence-electron chi connectivity index (χ3n) is 5.06. The number of aryl methyl sites for hydroxylation is 1. The Morgan fingerprint density at radius 1 is 1.20 bits per heavy atom. The van der Waals surface area contributed by atoms with Crippen molar-refractivity contribution in [2.24, 2.45) is 11.8 Å². The maximum atomic E-state index is 12.9. The minimum Gasteiger partial charge on any atom is -0.351 e. The molecule has 1 aliphatic carbocycles. The zero-order valence-corrected chi connectivity index (χ0v) is 14.2. The second kappa shape index (κ2) is 6.35. The number of rotatable bonds is 3. The highest BCUT2D eigenvalue weighted by Gasteiger charge is 2.44. The largest absolute Gasteiger partial charge is 0.416 e. The molecule has 2 fully saturated rings. The van der Waals surface area contributed by atoms with Crippen LogP contribution in [-0.2, 0) is 11.0 Å². The predicted molar refractivity (Wildman–Crippen MR) is 85.9 cm³/mol. The van der Waals surface area contributed by atoms with Crippen LogP contribution in [0.25, 0.3) is 0 Å². The SMILES string of the molecule is CC(=O)N[C@@H]1CN(C(=O)c2cc(C(F)(F)F)ccc2C)C[C@H]1C1CC1. The van der Waals surface area contributed by atoms with Crippen molar-refractivity contribution in [2.45, 2.75) is 38.9 Å². The average molecular weight is 354 g/mol. The number of nitrogens with zero attached hydrogens (tertiary/aromatic N) is 1. The van der Waals surface area contributed by atoms with Gasteiger partial charge in [-0.25, -0.2) is 0 Å². The second-order valence-corrected chi connectivity index (χ2v) is 7.05. The Kier molecular flexibility index (Phi) is 4.51. The van der Waals surface area contributed by atoms with E-state index in [1.165, 1.54) is 13.0 Å². The summed E-state index contributed by atoms with van der Waals surface area (Å²) in [6.45, 7) is 3.89. The first-order chi connectivity index (χ1) is 11.7. The first kappa shape index (κ1) is 17.8. The van der Waals surface area contributed by atoms with Crippen molar-refractivity contribution in [3.8, 4) is 0 Å². The van der Waals surface area contributed by atoms with Gasteiger partial charge in [0.2, 0.25) is 5.91 Å². The van der Waals surface area contributed by atoms with Gasteiger partial charge in [-0.05, 0) is 43.4 Å². The van der Waals surface area contributed by atoms with Gasteiger partial charge in [0.1, 0.15) is 0 Å². The molecule has 1 saturated heterocycles. The van der Waals surface area contributed by atoms with E-state index in [1.54, 1.807) is 11.8 Å². The molecule has 2 amide bonds. The summed E-state index contributed by atoms with van der Waals surface area (Å²) in [4.78, 5) is 25.8. The van der Waals surface area contributed by atoms with E-state index in [0.29, 0.717) is 24.6 Å². The van der Waals surface area contributed by atoms with Crippen molar-refractivity contribution < 1.29 is 22.8 Å². The van der Waals surface area contributed by atoms with Gasteiger partial charge < -0.3 is 10.2 Å². The molecule has 0 radical (unpaired) electrons. The number of alkyl halides is 3. The van der Waals surface area contributed by atoms with E-state index in [2.05, 4.69) is 5.32 Å². The molecular formula is C18H21F3N2O2. The number of amides is 2. The highest BCUT2D eigenvalue weighted by Crippen LogP contribution is 2.42. The van der Waals surface area contributed by atoms with Crippen molar-refractivity contribution in [3.05, 3.63) is 34.9 Å². The summed E-state index contributed by atoms with van der Waals surface area (Å²) >= 11 is 0. The Bertz CT molecular complexity index is 698. The van der Waals surface area contributed by atoms with Crippen LogP contribution < -0.4 is 5.32 Å². The molecule has 2 atom stereocenters. The molecule has 1 saturated carbocycles. The van der Waals surface area contributed by atoms with Crippen molar-refractivity contribution in [1.82, 2.24) is 10.2 Å². The van der Waals surface area contributed by atoms with Gasteiger partial charge in [0, 0.05) is 31.5 Å². The predicted octanol–water partition coefficient (Wildman–Crippen LogP) is 3.00. The number of hydrogen-bond donors (Lipinski definition) is 1. The lowest BCUT2D eigenvalue weighted by atomic mass is 9.98. The van der Waals surface area contributed by atoms with Crippen molar-refractivity contribution in [1.29, 1.82) is 0 Å². The fourth-order valence-corrected chi connectivity index (χ4v) is 3.61. The lowest BCUT2D eigenvalue weighted by Gasteiger charge is -2.19. The van der Waals surface area contributed by atoms with Gasteiger partial charge in [0.25, 0.3) is 5.91 Å². The van der Waals surface area contributed by atoms with E-state index in [1.807, 2.05) is 0 Å². The van der Waals surface area contributed by atoms with E-state index in [-0.39, 0.29) is 23.4 Å². The van der Waals surface area contributed by atoms with E-state index >= 15 is 0 Å². The summed E-state index contributed by atoms with van der Waals surface area (Å²) in [5, 5.41) is 2.89. The molecule has 1 N–H and O–H groups in total. The maximum absolute atomic E-state index is 12.9. The molecule has 1 aromatic rings. The molecule has 0 bridgehead atoms. The lowest BCUT2D eigenvalue weighted by molar-refractivity contribution is -0.137. The van der Waals surface area contributed by atoms with Crippen LogP contribution in [0.1, 0.15) is 41.3 Å². The van der Waals surface area contributed by atoms with E-state index in [9.17, 15) is 22.8 Å². The molecule has 25 heavy (non-hydrogen) atoms. The Morgan fingerprint density at radius 2 is 1.88 bits per heavy atom. The monoisotopic (exact) mass is 354 g/mol. The first-order valence-electron chi connectivity index (χ1n) is 8.41. The van der Waals surface area contributed by atoms with Gasteiger partial charge in [-0.15, -0.1) is 0 Å². The van der Waals surface area contributed by atoms with E-state index in [0.717, 1.165) is 25.0 Å². The normalized spacial score (nSPS) is 23.6. The number of halogens is 3. The van der Waals surface area contributed by atoms with Gasteiger partial charge in [-0.3, -0.25) is 9.59 Å². The van der Waals surface area contributed by atoms with Gasteiger partial charge in [-0.2, -0.15) is 13.2 Å². The van der Waals surface area contributed by atoms with Crippen LogP contribution in [0.4, 0.5) is 13.2 Å². The van der Waals surface area contributed by atoms with Crippen molar-refractivity contribution in [2.75, 3.05) is 13.1 Å². The molecular weight excluding hydrogens is 333 g/mol. The Morgan fingerprint density at radius 3 is 2.44 bits per heavy atom. The zero-order valence-electron chi connectivity index (χ0n) is 14.2. The van der Waals surface area contributed by atoms with Crippen molar-refractivity contribution >= 4 is 11.8 Å². The van der Waals surface area contributed by atoms with Crippen molar-refractivity contribution in [3.63, 3.8) is 0 Å². The number of carbonyl (C=O) groups is 2. The number of hydrogen-bond acceptors (Lipinski definition) is 2. The number of likely N-dealkylation sites (tertiary alicyclic amines) is 1. The zero-order chi connectivity index (χ0) is 18.4. The molecule has 4 nitrogen and oxygen atoms in total. The van der Waals surface area contributed by atoms with Crippen LogP contribution in [0.15, 0.2) is 18.2 Å². The van der Waals surface area contributed by atoms with Gasteiger partial charge in [0.05, 0.1) is 11.6 Å². The van der Waals surface area contributed by atoms with Crippen LogP contribution in [0.3, 0.4) is 0 Å². The molecule has 2 aliphatic rings. The Hall–Kier alpha value is -2.05. The van der Waals surface area contributed by atoms with Gasteiger partial charge in [0.15, 0.2) is 0 Å². The summed E-state index contributed by atoms with van der Waals surface area (Å²) in [7, 11) is 0. The maximum Gasteiger partial charge on any atom is 0.416 e. The molecule has 0 aromatic heterocycles. The molecule has 0 unspecified atom stereocenters. The minimum absolute atomic E-state index is 0.0767. The molecule has 136 valence electrons. The smallest absolute Gasteiger partial charge is 0.351 e. The van der Waals surface area contributed by atoms with Crippen LogP contribution >= 0.6 is 0 Å². The summed E-state index contributed by atoms with van der Waals surface area (Å²) in [5.74, 6) is 0.110. The van der Waals surface area contributed by atoms with E-state index in [4.69, 9.17) is 0 Å². The highest BCUT2D eigenvalue weighted by atomic mass is 19.4. The third kappa shape index (κ3) is 3.80. The Balaban J connectivity index is 1.82. The van der Waals surface area contributed by atoms with Gasteiger partial charge in [-0.1, -0.05) is 6.07 Å². The third-order valence-corrected chi connectivity index (χ3v) is 5.06. The number of carbonyl (C=O) groups excluding carboxylic acids is 2. The second-order valence-electron chi connectivity index (χ2n) is 7.05. The quantitative estimate of drug-likeness (QED) is 0.907. The van der Waals surface area contributed by atoms with Crippen LogP contribution in [0.5, 0.6) is 0 Å². The fraction of sp³-hybridized carbons (Fsp3) is 0.556. The number of benzene rings is 1. The average Bonchev–Trinajstić information content (AvgIpc) is 3.27. The molecule has 1 heterocycles. The highest BCUT2D eigenvalue weighted by molar-refractivity contribution is 5.96. The van der Waals surface area contributed by atoms with E-state index < -0.39 is 17.6 Å². The van der Waals surface area contributed by atoms with Crippen LogP contribution in [0, 0.1) is 18.8 Å². The molecule has 3 rings (SSSR count). The molecule has 1 aliphatic heterocycles. The summed E-state index contributed by atoms with van der Waals surface area (Å²) < 4.78 is 38.8. The fourth-order valence-electron chi connectivity index (χ4n) is 3.61. The molecule has 7 heteroatoms. The molecule has 1 aromatic carbocycles. The summed E-state index contributed by atoms with van der Waals surface area (Å²) in [6, 6.07) is 3.12. The standard InChI is InChI=1S/C18H21F3N2O2/c1-10-3-6-13(18(19,20)21)7-14(10)17(25)23-8-15(12-4-5-12)16(9-23)22-11(2)24/h3,6-7,12,15-16H,4-5,8-9H2,1-2H3,(H,22,24)/t15-,16+/m0/s1. The summed E-state index contributed by atoms with van der Waals surface area (Å²) in [6.07, 6.45) is -2.33. The molecule has 0 spiro atoms. The van der Waals surface area contributed by atoms with Crippen LogP contribution in [-0.4, -0.2) is 35.8 Å². The Labute approximate surface area is 144 Å². The number of nitrogens with one attached hydrogen (secondary N) is 1. The first-order valence-corrected chi connectivity index (χ1v) is 8.41. The van der Waals surface area contributed by atoms with Gasteiger partial charge >= 0.3 is 6.18 Å². The van der Waals surface area contributed by atoms with Crippen LogP contribution in [0.2, 0.25) is 0 Å². The lowest BCUT2D eigenvalue weighted by Crippen LogP contribution is -2.40.